The van der Waals surface area contributed by atoms with E-state index in [0.717, 1.165) is 34.7 Å². The predicted molar refractivity (Wildman–Crippen MR) is 117 cm³/mol. The summed E-state index contributed by atoms with van der Waals surface area (Å²) in [7, 11) is 0. The Balaban J connectivity index is 1.71. The minimum Gasteiger partial charge on any atom is -0.382 e. The number of aliphatic hydroxyl groups excluding tert-OH is 1. The van der Waals surface area contributed by atoms with Gasteiger partial charge in [-0.3, -0.25) is 9.20 Å². The molecule has 0 radical (unpaired) electrons. The number of aliphatic hydroxyl groups is 1. The molecule has 2 heterocycles. The first-order valence-corrected chi connectivity index (χ1v) is 9.89. The number of amides is 1. The fourth-order valence-corrected chi connectivity index (χ4v) is 3.52. The Morgan fingerprint density at radius 1 is 1.20 bits per heavy atom. The Hall–Kier alpha value is -4.06. The van der Waals surface area contributed by atoms with E-state index in [2.05, 4.69) is 9.97 Å². The molecule has 0 aliphatic heterocycles. The van der Waals surface area contributed by atoms with Crippen molar-refractivity contribution in [3.63, 3.8) is 0 Å². The molecule has 4 N–H and O–H groups in total. The van der Waals surface area contributed by atoms with Gasteiger partial charge < -0.3 is 16.2 Å². The zero-order valence-electron chi connectivity index (χ0n) is 20.8. The number of hydrogen-bond acceptors (Lipinski definition) is 5. The Bertz CT molecular complexity index is 1570. The third-order valence-electron chi connectivity index (χ3n) is 5.14. The predicted octanol–water partition coefficient (Wildman–Crippen LogP) is 4.56. The van der Waals surface area contributed by atoms with Gasteiger partial charge in [0, 0.05) is 15.9 Å². The van der Waals surface area contributed by atoms with E-state index >= 15 is 4.39 Å². The number of anilines is 2. The van der Waals surface area contributed by atoms with E-state index in [1.54, 1.807) is 6.92 Å². The van der Waals surface area contributed by atoms with Crippen LogP contribution < -0.4 is 11.1 Å². The molecule has 35 heavy (non-hydrogen) atoms. The van der Waals surface area contributed by atoms with Crippen molar-refractivity contribution in [3.8, 4) is 11.3 Å². The molecule has 0 fully saturated rings. The molecule has 0 bridgehead atoms. The zero-order chi connectivity index (χ0) is 28.2. The second-order valence-corrected chi connectivity index (χ2v) is 7.57. The quantitative estimate of drug-likeness (QED) is 0.361. The van der Waals surface area contributed by atoms with Gasteiger partial charge in [0.05, 0.1) is 16.9 Å². The van der Waals surface area contributed by atoms with Crippen molar-refractivity contribution >= 4 is 22.9 Å². The fourth-order valence-electron chi connectivity index (χ4n) is 3.52. The van der Waals surface area contributed by atoms with Crippen molar-refractivity contribution < 1.29 is 36.0 Å². The Labute approximate surface area is 199 Å². The van der Waals surface area contributed by atoms with Crippen LogP contribution in [0.3, 0.4) is 0 Å². The summed E-state index contributed by atoms with van der Waals surface area (Å²) in [6.07, 6.45) is -5.54. The number of carbonyl (C=O) groups is 1. The van der Waals surface area contributed by atoms with Crippen LogP contribution in [-0.2, 0) is 11.0 Å². The molecule has 182 valence electrons. The van der Waals surface area contributed by atoms with Gasteiger partial charge in [0.1, 0.15) is 22.9 Å². The number of imidazole rings is 1. The maximum atomic E-state index is 15.2. The summed E-state index contributed by atoms with van der Waals surface area (Å²) in [5.74, 6) is -5.11. The summed E-state index contributed by atoms with van der Waals surface area (Å²) in [5.41, 5.74) is 3.10. The highest BCUT2D eigenvalue weighted by Gasteiger charge is 2.32. The number of benzene rings is 2. The lowest BCUT2D eigenvalue weighted by Crippen LogP contribution is -2.22. The van der Waals surface area contributed by atoms with E-state index in [4.69, 9.17) is 9.85 Å². The first kappa shape index (κ1) is 20.3. The number of hydrogen-bond donors (Lipinski definition) is 3. The lowest BCUT2D eigenvalue weighted by Gasteiger charge is -2.15. The SMILES string of the molecule is [2H]C([2H])([2H])c1nc(-c2ccc(NC(=O)[C@@H](O)c3cccc(C(F)(F)F)c3)c(F)c2F)c2c(N)nc(C)cn12. The van der Waals surface area contributed by atoms with Crippen LogP contribution in [0.1, 0.15) is 32.9 Å². The van der Waals surface area contributed by atoms with Crippen LogP contribution in [0.5, 0.6) is 0 Å². The van der Waals surface area contributed by atoms with Crippen LogP contribution >= 0.6 is 0 Å². The molecule has 1 atom stereocenters. The molecule has 0 saturated heterocycles. The minimum absolute atomic E-state index is 0.0863. The van der Waals surface area contributed by atoms with Crippen molar-refractivity contribution in [1.82, 2.24) is 14.4 Å². The lowest BCUT2D eigenvalue weighted by atomic mass is 10.0. The average molecular weight is 494 g/mol. The van der Waals surface area contributed by atoms with Crippen molar-refractivity contribution in [2.45, 2.75) is 26.1 Å². The molecule has 2 aromatic carbocycles. The highest BCUT2D eigenvalue weighted by Crippen LogP contribution is 2.34. The molecule has 1 amide bonds. The zero-order valence-corrected chi connectivity index (χ0v) is 17.8. The molecule has 4 aromatic rings. The minimum atomic E-state index is -4.73. The van der Waals surface area contributed by atoms with Gasteiger partial charge in [-0.05, 0) is 43.6 Å². The maximum Gasteiger partial charge on any atom is 0.416 e. The van der Waals surface area contributed by atoms with Crippen LogP contribution in [0.2, 0.25) is 0 Å². The van der Waals surface area contributed by atoms with Gasteiger partial charge in [-0.15, -0.1) is 0 Å². The normalized spacial score (nSPS) is 14.3. The Kier molecular flexibility index (Phi) is 5.00. The van der Waals surface area contributed by atoms with Crippen LogP contribution in [0, 0.1) is 25.4 Å². The molecule has 7 nitrogen and oxygen atoms in total. The van der Waals surface area contributed by atoms with Crippen molar-refractivity contribution in [1.29, 1.82) is 0 Å². The van der Waals surface area contributed by atoms with Crippen molar-refractivity contribution in [3.05, 3.63) is 76.9 Å². The summed E-state index contributed by atoms with van der Waals surface area (Å²) >= 11 is 0. The second-order valence-electron chi connectivity index (χ2n) is 7.57. The second kappa shape index (κ2) is 8.62. The van der Waals surface area contributed by atoms with E-state index in [1.165, 1.54) is 6.20 Å². The largest absolute Gasteiger partial charge is 0.416 e. The number of nitrogens with zero attached hydrogens (tertiary/aromatic N) is 3. The fraction of sp³-hybridized carbons (Fsp3) is 0.174. The molecular formula is C23H18F5N5O2. The monoisotopic (exact) mass is 494 g/mol. The standard InChI is InChI=1S/C23H18F5N5O2/c1-10-9-33-11(2)31-18(19(33)21(29)30-10)14-6-7-15(17(25)16(14)24)32-22(35)20(34)12-4-3-5-13(8-12)23(26,27)28/h3-9,20,34H,1-2H3,(H2,29,30)(H,32,35)/t20-/m0/s1/i2D3. The van der Waals surface area contributed by atoms with E-state index in [9.17, 15) is 27.5 Å². The van der Waals surface area contributed by atoms with Crippen LogP contribution in [0.4, 0.5) is 33.5 Å². The number of fused-ring (bicyclic) bond motifs is 1. The van der Waals surface area contributed by atoms with Crippen molar-refractivity contribution in [2.75, 3.05) is 11.1 Å². The number of nitrogens with one attached hydrogen (secondary N) is 1. The molecular weight excluding hydrogens is 473 g/mol. The van der Waals surface area contributed by atoms with Gasteiger partial charge in [-0.25, -0.2) is 18.7 Å². The number of nitrogen functional groups attached to an aromatic ring is 1. The molecule has 0 unspecified atom stereocenters. The molecule has 0 saturated carbocycles. The Morgan fingerprint density at radius 3 is 2.63 bits per heavy atom. The summed E-state index contributed by atoms with van der Waals surface area (Å²) in [4.78, 5) is 20.4. The smallest absolute Gasteiger partial charge is 0.382 e. The highest BCUT2D eigenvalue weighted by atomic mass is 19.4. The summed E-state index contributed by atoms with van der Waals surface area (Å²) in [6.45, 7) is -1.20. The molecule has 12 heteroatoms. The Morgan fingerprint density at radius 2 is 1.94 bits per heavy atom. The number of aromatic nitrogens is 3. The van der Waals surface area contributed by atoms with Crippen molar-refractivity contribution in [2.24, 2.45) is 0 Å². The van der Waals surface area contributed by atoms with Crippen LogP contribution in [0.15, 0.2) is 42.6 Å². The summed E-state index contributed by atoms with van der Waals surface area (Å²) < 4.78 is 93.3. The first-order valence-electron chi connectivity index (χ1n) is 11.4. The van der Waals surface area contributed by atoms with Gasteiger partial charge in [-0.1, -0.05) is 12.1 Å². The van der Waals surface area contributed by atoms with Crippen LogP contribution in [0.25, 0.3) is 16.8 Å². The third kappa shape index (κ3) is 4.39. The van der Waals surface area contributed by atoms with Gasteiger partial charge in [0.2, 0.25) is 0 Å². The topological polar surface area (TPSA) is 106 Å². The maximum absolute atomic E-state index is 15.2. The third-order valence-corrected chi connectivity index (χ3v) is 5.14. The van der Waals surface area contributed by atoms with E-state index in [-0.39, 0.29) is 17.0 Å². The van der Waals surface area contributed by atoms with Gasteiger partial charge >= 0.3 is 6.18 Å². The number of alkyl halides is 3. The number of carbonyl (C=O) groups excluding carboxylic acids is 1. The molecule has 0 aliphatic rings. The van der Waals surface area contributed by atoms with Gasteiger partial charge in [0.15, 0.2) is 17.7 Å². The number of nitrogens with two attached hydrogens (primary N) is 1. The lowest BCUT2D eigenvalue weighted by molar-refractivity contribution is -0.138. The molecule has 0 aliphatic carbocycles. The number of halogens is 5. The molecule has 4 rings (SSSR count). The number of rotatable bonds is 4. The van der Waals surface area contributed by atoms with E-state index in [0.29, 0.717) is 11.8 Å². The van der Waals surface area contributed by atoms with E-state index < -0.39 is 64.9 Å². The molecule has 0 spiro atoms. The highest BCUT2D eigenvalue weighted by molar-refractivity contribution is 5.95. The van der Waals surface area contributed by atoms with Crippen LogP contribution in [-0.4, -0.2) is 25.4 Å². The van der Waals surface area contributed by atoms with Gasteiger partial charge in [-0.2, -0.15) is 13.2 Å². The molecule has 2 aromatic heterocycles. The number of aryl methyl sites for hydroxylation is 2. The first-order chi connectivity index (χ1) is 17.6. The summed E-state index contributed by atoms with van der Waals surface area (Å²) in [6, 6.07) is 5.25. The average Bonchev–Trinajstić information content (AvgIpc) is 3.21. The summed E-state index contributed by atoms with van der Waals surface area (Å²) in [5, 5.41) is 12.1. The van der Waals surface area contributed by atoms with Gasteiger partial charge in [0.25, 0.3) is 5.91 Å². The van der Waals surface area contributed by atoms with E-state index in [1.807, 2.05) is 5.32 Å².